The molecular weight excluding hydrogens is 446 g/mol. The number of rotatable bonds is 9. The molecule has 1 heterocycles. The van der Waals surface area contributed by atoms with Crippen molar-refractivity contribution in [3.8, 4) is 17.6 Å². The monoisotopic (exact) mass is 481 g/mol. The number of anilines is 1. The molecule has 186 valence electrons. The van der Waals surface area contributed by atoms with Crippen LogP contribution >= 0.6 is 0 Å². The van der Waals surface area contributed by atoms with Crippen molar-refractivity contribution in [1.82, 2.24) is 10.2 Å². The molecule has 1 saturated heterocycles. The molecule has 0 unspecified atom stereocenters. The van der Waals surface area contributed by atoms with Crippen LogP contribution in [0.15, 0.2) is 78.9 Å². The number of amides is 1. The van der Waals surface area contributed by atoms with Crippen molar-refractivity contribution in [2.45, 2.75) is 19.3 Å². The van der Waals surface area contributed by atoms with E-state index in [9.17, 15) is 4.79 Å². The molecule has 0 radical (unpaired) electrons. The summed E-state index contributed by atoms with van der Waals surface area (Å²) in [5.41, 5.74) is 3.74. The van der Waals surface area contributed by atoms with Crippen molar-refractivity contribution < 1.29 is 9.53 Å². The van der Waals surface area contributed by atoms with Crippen LogP contribution in [0.25, 0.3) is 0 Å². The van der Waals surface area contributed by atoms with Gasteiger partial charge in [0.2, 0.25) is 0 Å². The Morgan fingerprint density at radius 2 is 1.47 bits per heavy atom. The zero-order valence-corrected chi connectivity index (χ0v) is 21.1. The first-order valence-corrected chi connectivity index (χ1v) is 12.8. The summed E-state index contributed by atoms with van der Waals surface area (Å²) in [6, 6.07) is 25.6. The molecule has 0 atom stereocenters. The van der Waals surface area contributed by atoms with Crippen molar-refractivity contribution in [2.24, 2.45) is 0 Å². The summed E-state index contributed by atoms with van der Waals surface area (Å²) in [5.74, 6) is 7.20. The van der Waals surface area contributed by atoms with E-state index in [-0.39, 0.29) is 5.91 Å². The van der Waals surface area contributed by atoms with Gasteiger partial charge in [0.05, 0.1) is 12.8 Å². The van der Waals surface area contributed by atoms with E-state index < -0.39 is 0 Å². The molecule has 0 aromatic heterocycles. The van der Waals surface area contributed by atoms with Crippen LogP contribution < -0.4 is 15.0 Å². The van der Waals surface area contributed by atoms with Crippen LogP contribution in [0, 0.1) is 11.8 Å². The van der Waals surface area contributed by atoms with Gasteiger partial charge in [0.1, 0.15) is 5.75 Å². The second kappa shape index (κ2) is 13.4. The van der Waals surface area contributed by atoms with Gasteiger partial charge in [0.25, 0.3) is 5.91 Å². The van der Waals surface area contributed by atoms with Crippen LogP contribution in [0.5, 0.6) is 5.75 Å². The molecule has 0 saturated carbocycles. The fraction of sp³-hybridized carbons (Fsp3) is 0.323. The molecule has 5 heteroatoms. The molecule has 1 N–H and O–H groups in total. The number of nitrogens with one attached hydrogen (secondary N) is 1. The van der Waals surface area contributed by atoms with Gasteiger partial charge in [-0.15, -0.1) is 0 Å². The van der Waals surface area contributed by atoms with Crippen molar-refractivity contribution in [3.05, 3.63) is 95.6 Å². The lowest BCUT2D eigenvalue weighted by atomic mass is 10.1. The molecular formula is C31H35N3O2. The minimum absolute atomic E-state index is 0.0231. The molecule has 1 aliphatic rings. The standard InChI is InChI=1S/C31H35N3O2/c1-36-30-13-7-6-12-29(30)34-24-22-33(23-25-34)21-9-3-8-20-32-31(35)28-18-16-27(17-19-28)15-14-26-10-4-2-5-11-26/h2,4-7,10-13,16-19H,3,8-9,20-25H2,1H3,(H,32,35). The largest absolute Gasteiger partial charge is 0.495 e. The predicted octanol–water partition coefficient (Wildman–Crippen LogP) is 4.82. The summed E-state index contributed by atoms with van der Waals surface area (Å²) in [5, 5.41) is 3.04. The topological polar surface area (TPSA) is 44.8 Å². The normalized spacial score (nSPS) is 13.5. The summed E-state index contributed by atoms with van der Waals surface area (Å²) in [4.78, 5) is 17.4. The lowest BCUT2D eigenvalue weighted by Gasteiger charge is -2.36. The zero-order valence-electron chi connectivity index (χ0n) is 21.1. The van der Waals surface area contributed by atoms with Crippen molar-refractivity contribution in [3.63, 3.8) is 0 Å². The molecule has 0 spiro atoms. The van der Waals surface area contributed by atoms with Crippen LogP contribution in [0.3, 0.4) is 0 Å². The maximum atomic E-state index is 12.4. The maximum Gasteiger partial charge on any atom is 0.251 e. The number of carbonyl (C=O) groups excluding carboxylic acids is 1. The number of nitrogens with zero attached hydrogens (tertiary/aromatic N) is 2. The highest BCUT2D eigenvalue weighted by atomic mass is 16.5. The fourth-order valence-corrected chi connectivity index (χ4v) is 4.42. The third-order valence-corrected chi connectivity index (χ3v) is 6.51. The van der Waals surface area contributed by atoms with Gasteiger partial charge in [-0.2, -0.15) is 0 Å². The maximum absolute atomic E-state index is 12.4. The van der Waals surface area contributed by atoms with Crippen molar-refractivity contribution in [2.75, 3.05) is 51.3 Å². The van der Waals surface area contributed by atoms with E-state index in [1.165, 1.54) is 5.69 Å². The highest BCUT2D eigenvalue weighted by Crippen LogP contribution is 2.28. The Labute approximate surface area is 215 Å². The Morgan fingerprint density at radius 1 is 0.806 bits per heavy atom. The van der Waals surface area contributed by atoms with Gasteiger partial charge in [0.15, 0.2) is 0 Å². The smallest absolute Gasteiger partial charge is 0.251 e. The van der Waals surface area contributed by atoms with Gasteiger partial charge >= 0.3 is 0 Å². The molecule has 0 aliphatic carbocycles. The van der Waals surface area contributed by atoms with E-state index in [0.717, 1.165) is 68.9 Å². The van der Waals surface area contributed by atoms with E-state index in [2.05, 4.69) is 39.1 Å². The summed E-state index contributed by atoms with van der Waals surface area (Å²) < 4.78 is 5.51. The van der Waals surface area contributed by atoms with Crippen LogP contribution in [0.4, 0.5) is 5.69 Å². The lowest BCUT2D eigenvalue weighted by molar-refractivity contribution is 0.0953. The molecule has 36 heavy (non-hydrogen) atoms. The van der Waals surface area contributed by atoms with Crippen LogP contribution in [-0.2, 0) is 0 Å². The summed E-state index contributed by atoms with van der Waals surface area (Å²) in [6.07, 6.45) is 3.26. The molecule has 1 fully saturated rings. The van der Waals surface area contributed by atoms with Crippen LogP contribution in [0.1, 0.15) is 40.7 Å². The van der Waals surface area contributed by atoms with Gasteiger partial charge < -0.3 is 15.0 Å². The zero-order chi connectivity index (χ0) is 25.0. The minimum Gasteiger partial charge on any atom is -0.495 e. The van der Waals surface area contributed by atoms with E-state index in [1.54, 1.807) is 7.11 Å². The SMILES string of the molecule is COc1ccccc1N1CCN(CCCCCNC(=O)c2ccc(C#Cc3ccccc3)cc2)CC1. The highest BCUT2D eigenvalue weighted by Gasteiger charge is 2.19. The van der Waals surface area contributed by atoms with Gasteiger partial charge in [-0.1, -0.05) is 48.6 Å². The van der Waals surface area contributed by atoms with Gasteiger partial charge in [-0.25, -0.2) is 0 Å². The fourth-order valence-electron chi connectivity index (χ4n) is 4.42. The molecule has 4 rings (SSSR count). The van der Waals surface area contributed by atoms with Gasteiger partial charge in [-0.3, -0.25) is 9.69 Å². The third kappa shape index (κ3) is 7.37. The minimum atomic E-state index is -0.0231. The number of methoxy groups -OCH3 is 1. The Hall–Kier alpha value is -3.75. The number of piperazine rings is 1. The molecule has 0 bridgehead atoms. The van der Waals surface area contributed by atoms with E-state index in [4.69, 9.17) is 4.74 Å². The van der Waals surface area contributed by atoms with E-state index in [0.29, 0.717) is 12.1 Å². The average Bonchev–Trinajstić information content (AvgIpc) is 2.95. The summed E-state index contributed by atoms with van der Waals surface area (Å²) in [7, 11) is 1.73. The number of para-hydroxylation sites is 2. The molecule has 3 aromatic rings. The summed E-state index contributed by atoms with van der Waals surface area (Å²) >= 11 is 0. The molecule has 1 aliphatic heterocycles. The Kier molecular flexibility index (Phi) is 9.41. The first kappa shape index (κ1) is 25.3. The van der Waals surface area contributed by atoms with Crippen molar-refractivity contribution in [1.29, 1.82) is 0 Å². The number of hydrogen-bond donors (Lipinski definition) is 1. The number of carbonyl (C=O) groups is 1. The van der Waals surface area contributed by atoms with Crippen LogP contribution in [0.2, 0.25) is 0 Å². The number of unbranched alkanes of at least 4 members (excludes halogenated alkanes) is 2. The Balaban J connectivity index is 1.10. The second-order valence-corrected chi connectivity index (χ2v) is 9.01. The van der Waals surface area contributed by atoms with E-state index >= 15 is 0 Å². The third-order valence-electron chi connectivity index (χ3n) is 6.51. The average molecular weight is 482 g/mol. The molecule has 5 nitrogen and oxygen atoms in total. The number of hydrogen-bond acceptors (Lipinski definition) is 4. The first-order valence-electron chi connectivity index (χ1n) is 12.8. The molecule has 1 amide bonds. The Morgan fingerprint density at radius 3 is 2.19 bits per heavy atom. The summed E-state index contributed by atoms with van der Waals surface area (Å²) in [6.45, 7) is 6.00. The first-order chi connectivity index (χ1) is 17.7. The lowest BCUT2D eigenvalue weighted by Crippen LogP contribution is -2.46. The number of benzene rings is 3. The van der Waals surface area contributed by atoms with Gasteiger partial charge in [0, 0.05) is 49.4 Å². The number of ether oxygens (including phenoxy) is 1. The van der Waals surface area contributed by atoms with Crippen molar-refractivity contribution >= 4 is 11.6 Å². The van der Waals surface area contributed by atoms with E-state index in [1.807, 2.05) is 66.7 Å². The Bertz CT molecular complexity index is 1160. The van der Waals surface area contributed by atoms with Gasteiger partial charge in [-0.05, 0) is 67.9 Å². The highest BCUT2D eigenvalue weighted by molar-refractivity contribution is 5.94. The predicted molar refractivity (Wildman–Crippen MR) is 147 cm³/mol. The van der Waals surface area contributed by atoms with Crippen LogP contribution in [-0.4, -0.2) is 57.2 Å². The quantitative estimate of drug-likeness (QED) is 0.352. The second-order valence-electron chi connectivity index (χ2n) is 9.01. The molecule has 3 aromatic carbocycles.